The Morgan fingerprint density at radius 2 is 1.38 bits per heavy atom. The van der Waals surface area contributed by atoms with Crippen LogP contribution in [0.15, 0.2) is 48.5 Å². The summed E-state index contributed by atoms with van der Waals surface area (Å²) in [4.78, 5) is 10.2. The third-order valence-electron chi connectivity index (χ3n) is 3.60. The highest BCUT2D eigenvalue weighted by molar-refractivity contribution is 7.88. The van der Waals surface area contributed by atoms with Crippen LogP contribution in [0.3, 0.4) is 0 Å². The number of hydrogen-bond donors (Lipinski definition) is 2. The SMILES string of the molecule is CC(C)NS(=O)(=O)Cc1ccc(CNCc2ccc([N+](=O)[O-])cc2)cc1. The fourth-order valence-corrected chi connectivity index (χ4v) is 3.89. The lowest BCUT2D eigenvalue weighted by atomic mass is 10.1. The first kappa shape index (κ1) is 20.0. The second-order valence-electron chi connectivity index (χ2n) is 6.38. The summed E-state index contributed by atoms with van der Waals surface area (Å²) in [5, 5.41) is 13.9. The van der Waals surface area contributed by atoms with Gasteiger partial charge in [-0.25, -0.2) is 13.1 Å². The number of sulfonamides is 1. The van der Waals surface area contributed by atoms with Crippen molar-refractivity contribution in [2.45, 2.75) is 38.7 Å². The molecule has 0 atom stereocenters. The van der Waals surface area contributed by atoms with E-state index in [2.05, 4.69) is 10.0 Å². The Hall–Kier alpha value is -2.29. The van der Waals surface area contributed by atoms with Crippen LogP contribution in [0.4, 0.5) is 5.69 Å². The minimum atomic E-state index is -3.32. The third-order valence-corrected chi connectivity index (χ3v) is 5.14. The van der Waals surface area contributed by atoms with Gasteiger partial charge in [0, 0.05) is 31.3 Å². The second kappa shape index (κ2) is 8.88. The molecule has 2 aromatic carbocycles. The first-order valence-corrected chi connectivity index (χ1v) is 9.92. The van der Waals surface area contributed by atoms with Crippen molar-refractivity contribution in [1.82, 2.24) is 10.0 Å². The zero-order valence-corrected chi connectivity index (χ0v) is 15.6. The summed E-state index contributed by atoms with van der Waals surface area (Å²) in [7, 11) is -3.32. The summed E-state index contributed by atoms with van der Waals surface area (Å²) < 4.78 is 26.4. The Labute approximate surface area is 153 Å². The molecule has 0 fully saturated rings. The molecule has 0 saturated carbocycles. The summed E-state index contributed by atoms with van der Waals surface area (Å²) in [6, 6.07) is 13.7. The standard InChI is InChI=1S/C18H23N3O4S/c1-14(2)20-26(24,25)13-17-5-3-15(4-6-17)11-19-12-16-7-9-18(10-8-16)21(22)23/h3-10,14,19-20H,11-13H2,1-2H3. The fraction of sp³-hybridized carbons (Fsp3) is 0.333. The van der Waals surface area contributed by atoms with Crippen molar-refractivity contribution in [2.75, 3.05) is 0 Å². The van der Waals surface area contributed by atoms with Gasteiger partial charge in [-0.3, -0.25) is 10.1 Å². The smallest absolute Gasteiger partial charge is 0.269 e. The molecule has 8 heteroatoms. The molecule has 2 N–H and O–H groups in total. The molecule has 2 rings (SSSR count). The molecule has 0 heterocycles. The second-order valence-corrected chi connectivity index (χ2v) is 8.13. The number of non-ortho nitro benzene ring substituents is 1. The molecule has 0 aliphatic heterocycles. The Morgan fingerprint density at radius 3 is 1.85 bits per heavy atom. The van der Waals surface area contributed by atoms with E-state index >= 15 is 0 Å². The number of benzene rings is 2. The normalized spacial score (nSPS) is 11.7. The van der Waals surface area contributed by atoms with E-state index in [9.17, 15) is 18.5 Å². The van der Waals surface area contributed by atoms with E-state index in [1.165, 1.54) is 12.1 Å². The lowest BCUT2D eigenvalue weighted by Gasteiger charge is -2.10. The van der Waals surface area contributed by atoms with Crippen molar-refractivity contribution >= 4 is 15.7 Å². The maximum atomic E-state index is 11.9. The quantitative estimate of drug-likeness (QED) is 0.517. The van der Waals surface area contributed by atoms with Crippen LogP contribution in [-0.4, -0.2) is 19.4 Å². The Kier molecular flexibility index (Phi) is 6.84. The Balaban J connectivity index is 1.84. The highest BCUT2D eigenvalue weighted by atomic mass is 32.2. The van der Waals surface area contributed by atoms with Crippen molar-refractivity contribution in [2.24, 2.45) is 0 Å². The molecule has 0 bridgehead atoms. The molecule has 0 amide bonds. The molecule has 26 heavy (non-hydrogen) atoms. The van der Waals surface area contributed by atoms with Crippen LogP contribution in [0.2, 0.25) is 0 Å². The van der Waals surface area contributed by atoms with Crippen LogP contribution in [0.1, 0.15) is 30.5 Å². The molecule has 0 saturated heterocycles. The van der Waals surface area contributed by atoms with Crippen LogP contribution in [0.25, 0.3) is 0 Å². The van der Waals surface area contributed by atoms with Gasteiger partial charge in [0.2, 0.25) is 10.0 Å². The minimum Gasteiger partial charge on any atom is -0.309 e. The van der Waals surface area contributed by atoms with Gasteiger partial charge in [-0.1, -0.05) is 36.4 Å². The van der Waals surface area contributed by atoms with Crippen molar-refractivity contribution in [3.63, 3.8) is 0 Å². The number of rotatable bonds is 9. The summed E-state index contributed by atoms with van der Waals surface area (Å²) in [6.45, 7) is 4.79. The molecule has 140 valence electrons. The molecule has 2 aromatic rings. The monoisotopic (exact) mass is 377 g/mol. The van der Waals surface area contributed by atoms with Crippen LogP contribution in [-0.2, 0) is 28.9 Å². The van der Waals surface area contributed by atoms with E-state index in [4.69, 9.17) is 0 Å². The molecule has 0 radical (unpaired) electrons. The van der Waals surface area contributed by atoms with E-state index in [1.807, 2.05) is 24.3 Å². The van der Waals surface area contributed by atoms with Gasteiger partial charge >= 0.3 is 0 Å². The lowest BCUT2D eigenvalue weighted by molar-refractivity contribution is -0.384. The Morgan fingerprint density at radius 1 is 0.923 bits per heavy atom. The van der Waals surface area contributed by atoms with Crippen LogP contribution < -0.4 is 10.0 Å². The molecule has 0 unspecified atom stereocenters. The molecular weight excluding hydrogens is 354 g/mol. The van der Waals surface area contributed by atoms with Crippen molar-refractivity contribution in [3.05, 3.63) is 75.3 Å². The lowest BCUT2D eigenvalue weighted by Crippen LogP contribution is -2.31. The third kappa shape index (κ3) is 6.55. The average molecular weight is 377 g/mol. The van der Waals surface area contributed by atoms with E-state index < -0.39 is 14.9 Å². The van der Waals surface area contributed by atoms with E-state index in [-0.39, 0.29) is 17.5 Å². The first-order valence-electron chi connectivity index (χ1n) is 8.27. The van der Waals surface area contributed by atoms with Gasteiger partial charge in [0.15, 0.2) is 0 Å². The number of nitrogens with zero attached hydrogens (tertiary/aromatic N) is 1. The summed E-state index contributed by atoms with van der Waals surface area (Å²) in [6.07, 6.45) is 0. The van der Waals surface area contributed by atoms with Crippen molar-refractivity contribution in [1.29, 1.82) is 0 Å². The van der Waals surface area contributed by atoms with Crippen molar-refractivity contribution in [3.8, 4) is 0 Å². The minimum absolute atomic E-state index is 0.0400. The van der Waals surface area contributed by atoms with Gasteiger partial charge in [-0.2, -0.15) is 0 Å². The van der Waals surface area contributed by atoms with Gasteiger partial charge in [-0.05, 0) is 30.5 Å². The van der Waals surface area contributed by atoms with Crippen LogP contribution in [0, 0.1) is 10.1 Å². The molecule has 0 aliphatic rings. The molecule has 0 spiro atoms. The van der Waals surface area contributed by atoms with Gasteiger partial charge in [-0.15, -0.1) is 0 Å². The molecule has 0 aromatic heterocycles. The zero-order valence-electron chi connectivity index (χ0n) is 14.8. The van der Waals surface area contributed by atoms with E-state index in [0.29, 0.717) is 13.1 Å². The topological polar surface area (TPSA) is 101 Å². The summed E-state index contributed by atoms with van der Waals surface area (Å²) in [5.74, 6) is -0.0400. The van der Waals surface area contributed by atoms with Gasteiger partial charge in [0.1, 0.15) is 0 Å². The van der Waals surface area contributed by atoms with E-state index in [0.717, 1.165) is 16.7 Å². The zero-order chi connectivity index (χ0) is 19.2. The number of nitrogens with one attached hydrogen (secondary N) is 2. The number of nitro groups is 1. The maximum absolute atomic E-state index is 11.9. The highest BCUT2D eigenvalue weighted by Gasteiger charge is 2.12. The first-order chi connectivity index (χ1) is 12.2. The van der Waals surface area contributed by atoms with Crippen LogP contribution in [0.5, 0.6) is 0 Å². The van der Waals surface area contributed by atoms with Gasteiger partial charge in [0.05, 0.1) is 10.7 Å². The molecular formula is C18H23N3O4S. The molecule has 0 aliphatic carbocycles. The number of hydrogen-bond acceptors (Lipinski definition) is 5. The van der Waals surface area contributed by atoms with E-state index in [1.54, 1.807) is 26.0 Å². The van der Waals surface area contributed by atoms with Gasteiger partial charge in [0.25, 0.3) is 5.69 Å². The predicted molar refractivity (Wildman–Crippen MR) is 101 cm³/mol. The summed E-state index contributed by atoms with van der Waals surface area (Å²) in [5.41, 5.74) is 2.80. The number of nitro benzene ring substituents is 1. The fourth-order valence-electron chi connectivity index (χ4n) is 2.46. The molecule has 7 nitrogen and oxygen atoms in total. The van der Waals surface area contributed by atoms with Gasteiger partial charge < -0.3 is 5.32 Å². The predicted octanol–water partition coefficient (Wildman–Crippen LogP) is 2.71. The maximum Gasteiger partial charge on any atom is 0.269 e. The average Bonchev–Trinajstić information content (AvgIpc) is 2.55. The Bertz CT molecular complexity index is 832. The highest BCUT2D eigenvalue weighted by Crippen LogP contribution is 2.12. The van der Waals surface area contributed by atoms with Crippen LogP contribution >= 0.6 is 0 Å². The largest absolute Gasteiger partial charge is 0.309 e. The summed E-state index contributed by atoms with van der Waals surface area (Å²) >= 11 is 0. The van der Waals surface area contributed by atoms with Crippen molar-refractivity contribution < 1.29 is 13.3 Å².